The van der Waals surface area contributed by atoms with E-state index in [2.05, 4.69) is 12.1 Å². The zero-order valence-electron chi connectivity index (χ0n) is 19.2. The van der Waals surface area contributed by atoms with E-state index in [1.807, 2.05) is 48.5 Å². The average molecular weight is 494 g/mol. The van der Waals surface area contributed by atoms with Crippen LogP contribution in [-0.4, -0.2) is 36.4 Å². The molecule has 176 valence electrons. The molecule has 0 aliphatic rings. The molecule has 0 radical (unpaired) electrons. The predicted octanol–water partition coefficient (Wildman–Crippen LogP) is 4.57. The Balaban J connectivity index is 1.60. The topological polar surface area (TPSA) is 72.3 Å². The van der Waals surface area contributed by atoms with Gasteiger partial charge in [-0.1, -0.05) is 66.4 Å². The molecule has 34 heavy (non-hydrogen) atoms. The molecule has 1 heterocycles. The predicted molar refractivity (Wildman–Crippen MR) is 138 cm³/mol. The minimum Gasteiger partial charge on any atom is -0.287 e. The van der Waals surface area contributed by atoms with Gasteiger partial charge in [-0.15, -0.1) is 0 Å². The number of aryl methyl sites for hydroxylation is 1. The van der Waals surface area contributed by atoms with Crippen LogP contribution >= 0.6 is 11.8 Å². The van der Waals surface area contributed by atoms with Crippen LogP contribution in [0.25, 0.3) is 10.9 Å². The van der Waals surface area contributed by atoms with E-state index in [4.69, 9.17) is 4.98 Å². The van der Waals surface area contributed by atoms with Gasteiger partial charge in [0.2, 0.25) is 10.0 Å². The molecule has 0 N–H and O–H groups in total. The van der Waals surface area contributed by atoms with Crippen molar-refractivity contribution in [2.24, 2.45) is 0 Å². The highest BCUT2D eigenvalue weighted by Crippen LogP contribution is 2.24. The summed E-state index contributed by atoms with van der Waals surface area (Å²) in [6.07, 6.45) is 1.68. The monoisotopic (exact) mass is 493 g/mol. The molecule has 8 heteroatoms. The van der Waals surface area contributed by atoms with E-state index in [0.29, 0.717) is 28.4 Å². The number of benzene rings is 3. The van der Waals surface area contributed by atoms with Crippen molar-refractivity contribution in [2.75, 3.05) is 14.1 Å². The number of thioether (sulfide) groups is 1. The standard InChI is InChI=1S/C26H27N3O3S2/c1-28(2)34(31,32)22-14-8-12-21(18-22)19-33-26-27-24-16-7-6-15-23(24)25(30)29(26)17-9-13-20-10-4-3-5-11-20/h3-8,10-12,14-16,18H,9,13,17,19H2,1-2H3. The van der Waals surface area contributed by atoms with Crippen LogP contribution in [0.4, 0.5) is 0 Å². The van der Waals surface area contributed by atoms with Crippen LogP contribution in [-0.2, 0) is 28.7 Å². The van der Waals surface area contributed by atoms with E-state index in [-0.39, 0.29) is 10.5 Å². The SMILES string of the molecule is CN(C)S(=O)(=O)c1cccc(CSc2nc3ccccc3c(=O)n2CCCc2ccccc2)c1. The Morgan fingerprint density at radius 2 is 1.62 bits per heavy atom. The lowest BCUT2D eigenvalue weighted by molar-refractivity contribution is 0.520. The van der Waals surface area contributed by atoms with Gasteiger partial charge in [-0.05, 0) is 48.2 Å². The zero-order valence-corrected chi connectivity index (χ0v) is 20.8. The highest BCUT2D eigenvalue weighted by Gasteiger charge is 2.18. The van der Waals surface area contributed by atoms with Crippen molar-refractivity contribution in [1.29, 1.82) is 0 Å². The molecule has 3 aromatic carbocycles. The summed E-state index contributed by atoms with van der Waals surface area (Å²) in [6, 6.07) is 24.5. The van der Waals surface area contributed by atoms with Gasteiger partial charge in [-0.2, -0.15) is 0 Å². The van der Waals surface area contributed by atoms with Gasteiger partial charge >= 0.3 is 0 Å². The number of para-hydroxylation sites is 1. The normalized spacial score (nSPS) is 11.9. The van der Waals surface area contributed by atoms with Crippen LogP contribution < -0.4 is 5.56 Å². The third-order valence-electron chi connectivity index (χ3n) is 5.56. The summed E-state index contributed by atoms with van der Waals surface area (Å²) in [7, 11) is -0.476. The van der Waals surface area contributed by atoms with Crippen LogP contribution in [0.1, 0.15) is 17.5 Å². The summed E-state index contributed by atoms with van der Waals surface area (Å²) in [6.45, 7) is 0.558. The minimum atomic E-state index is -3.51. The minimum absolute atomic E-state index is 0.0508. The maximum atomic E-state index is 13.3. The number of hydrogen-bond acceptors (Lipinski definition) is 5. The molecule has 0 amide bonds. The molecule has 0 saturated heterocycles. The van der Waals surface area contributed by atoms with E-state index >= 15 is 0 Å². The van der Waals surface area contributed by atoms with Gasteiger partial charge in [-0.25, -0.2) is 17.7 Å². The third-order valence-corrected chi connectivity index (χ3v) is 8.42. The summed E-state index contributed by atoms with van der Waals surface area (Å²) in [5, 5.41) is 1.24. The quantitative estimate of drug-likeness (QED) is 0.252. The first-order chi connectivity index (χ1) is 16.4. The van der Waals surface area contributed by atoms with Crippen LogP contribution in [0.3, 0.4) is 0 Å². The van der Waals surface area contributed by atoms with Crippen molar-refractivity contribution < 1.29 is 8.42 Å². The second-order valence-corrected chi connectivity index (χ2v) is 11.3. The molecule has 4 rings (SSSR count). The van der Waals surface area contributed by atoms with Gasteiger partial charge in [0, 0.05) is 26.4 Å². The van der Waals surface area contributed by atoms with Crippen molar-refractivity contribution in [1.82, 2.24) is 13.9 Å². The van der Waals surface area contributed by atoms with Gasteiger partial charge in [0.1, 0.15) is 0 Å². The highest BCUT2D eigenvalue weighted by molar-refractivity contribution is 7.98. The first-order valence-electron chi connectivity index (χ1n) is 11.0. The molecule has 0 fully saturated rings. The van der Waals surface area contributed by atoms with E-state index in [1.165, 1.54) is 35.7 Å². The summed E-state index contributed by atoms with van der Waals surface area (Å²) in [5.41, 5.74) is 2.70. The van der Waals surface area contributed by atoms with Gasteiger partial charge in [-0.3, -0.25) is 9.36 Å². The van der Waals surface area contributed by atoms with E-state index < -0.39 is 10.0 Å². The number of sulfonamides is 1. The van der Waals surface area contributed by atoms with Gasteiger partial charge in [0.25, 0.3) is 5.56 Å². The Morgan fingerprint density at radius 3 is 2.38 bits per heavy atom. The lowest BCUT2D eigenvalue weighted by Crippen LogP contribution is -2.24. The second kappa shape index (κ2) is 10.5. The van der Waals surface area contributed by atoms with Gasteiger partial charge in [0.15, 0.2) is 5.16 Å². The molecular formula is C26H27N3O3S2. The fraction of sp³-hybridized carbons (Fsp3) is 0.231. The van der Waals surface area contributed by atoms with E-state index in [9.17, 15) is 13.2 Å². The first kappa shape index (κ1) is 24.2. The van der Waals surface area contributed by atoms with Crippen molar-refractivity contribution in [3.63, 3.8) is 0 Å². The maximum Gasteiger partial charge on any atom is 0.262 e. The molecule has 0 bridgehead atoms. The largest absolute Gasteiger partial charge is 0.287 e. The number of fused-ring (bicyclic) bond motifs is 1. The van der Waals surface area contributed by atoms with Crippen molar-refractivity contribution in [2.45, 2.75) is 35.2 Å². The zero-order chi connectivity index (χ0) is 24.1. The lowest BCUT2D eigenvalue weighted by atomic mass is 10.1. The Hall–Kier alpha value is -2.94. The van der Waals surface area contributed by atoms with Crippen LogP contribution in [0.2, 0.25) is 0 Å². The van der Waals surface area contributed by atoms with Gasteiger partial charge < -0.3 is 0 Å². The number of hydrogen-bond donors (Lipinski definition) is 0. The van der Waals surface area contributed by atoms with Crippen molar-refractivity contribution in [3.8, 4) is 0 Å². The molecule has 0 spiro atoms. The second-order valence-electron chi connectivity index (χ2n) is 8.18. The third kappa shape index (κ3) is 5.41. The summed E-state index contributed by atoms with van der Waals surface area (Å²) in [4.78, 5) is 18.3. The molecule has 0 atom stereocenters. The Morgan fingerprint density at radius 1 is 0.912 bits per heavy atom. The first-order valence-corrected chi connectivity index (χ1v) is 13.5. The van der Waals surface area contributed by atoms with Crippen molar-refractivity contribution in [3.05, 3.63) is 100 Å². The number of aromatic nitrogens is 2. The summed E-state index contributed by atoms with van der Waals surface area (Å²) >= 11 is 1.45. The molecule has 0 aliphatic carbocycles. The molecule has 0 saturated carbocycles. The van der Waals surface area contributed by atoms with Gasteiger partial charge in [0.05, 0.1) is 15.8 Å². The molecule has 0 aliphatic heterocycles. The average Bonchev–Trinajstić information content (AvgIpc) is 2.85. The Bertz CT molecular complexity index is 1450. The van der Waals surface area contributed by atoms with Crippen LogP contribution in [0, 0.1) is 0 Å². The van der Waals surface area contributed by atoms with Crippen LogP contribution in [0.15, 0.2) is 93.7 Å². The number of rotatable bonds is 9. The molecule has 4 aromatic rings. The lowest BCUT2D eigenvalue weighted by Gasteiger charge is -2.14. The molecule has 1 aromatic heterocycles. The van der Waals surface area contributed by atoms with E-state index in [0.717, 1.165) is 18.4 Å². The number of nitrogens with zero attached hydrogens (tertiary/aromatic N) is 3. The Kier molecular flexibility index (Phi) is 7.50. The smallest absolute Gasteiger partial charge is 0.262 e. The summed E-state index contributed by atoms with van der Waals surface area (Å²) in [5.74, 6) is 0.500. The molecule has 0 unspecified atom stereocenters. The molecular weight excluding hydrogens is 466 g/mol. The Labute approximate surface area is 204 Å². The fourth-order valence-electron chi connectivity index (χ4n) is 3.70. The fourth-order valence-corrected chi connectivity index (χ4v) is 5.64. The van der Waals surface area contributed by atoms with Crippen molar-refractivity contribution >= 4 is 32.7 Å². The molecule has 6 nitrogen and oxygen atoms in total. The summed E-state index contributed by atoms with van der Waals surface area (Å²) < 4.78 is 27.9. The maximum absolute atomic E-state index is 13.3. The van der Waals surface area contributed by atoms with Crippen LogP contribution in [0.5, 0.6) is 0 Å². The van der Waals surface area contributed by atoms with E-state index in [1.54, 1.807) is 22.8 Å². The highest BCUT2D eigenvalue weighted by atomic mass is 32.2.